The summed E-state index contributed by atoms with van der Waals surface area (Å²) in [5.74, 6) is -0.891. The van der Waals surface area contributed by atoms with Crippen molar-refractivity contribution in [3.05, 3.63) is 100 Å². The summed E-state index contributed by atoms with van der Waals surface area (Å²) in [6.45, 7) is 1.94. The third-order valence-corrected chi connectivity index (χ3v) is 6.28. The summed E-state index contributed by atoms with van der Waals surface area (Å²) < 4.78 is 5.84. The highest BCUT2D eigenvalue weighted by Crippen LogP contribution is 2.46. The number of ketones is 1. The van der Waals surface area contributed by atoms with E-state index in [4.69, 9.17) is 16.3 Å². The van der Waals surface area contributed by atoms with Gasteiger partial charge < -0.3 is 4.74 Å². The second-order valence-corrected chi connectivity index (χ2v) is 8.42. The molecule has 0 spiro atoms. The van der Waals surface area contributed by atoms with Gasteiger partial charge >= 0.3 is 5.97 Å². The fourth-order valence-electron chi connectivity index (χ4n) is 3.61. The summed E-state index contributed by atoms with van der Waals surface area (Å²) in [7, 11) is 0. The summed E-state index contributed by atoms with van der Waals surface area (Å²) >= 11 is 7.87. The fourth-order valence-corrected chi connectivity index (χ4v) is 4.66. The minimum atomic E-state index is -0.678. The number of hydrogen-bond donors (Lipinski definition) is 0. The number of halogens is 1. The first-order valence-corrected chi connectivity index (χ1v) is 10.7. The second-order valence-electron chi connectivity index (χ2n) is 6.97. The number of benzene rings is 3. The van der Waals surface area contributed by atoms with Gasteiger partial charge in [-0.15, -0.1) is 11.8 Å². The van der Waals surface area contributed by atoms with Crippen LogP contribution in [0.3, 0.4) is 0 Å². The summed E-state index contributed by atoms with van der Waals surface area (Å²) in [5.41, 5.74) is 3.02. The number of rotatable bonds is 5. The molecule has 0 radical (unpaired) electrons. The molecule has 4 rings (SSSR count). The molecule has 29 heavy (non-hydrogen) atoms. The summed E-state index contributed by atoms with van der Waals surface area (Å²) in [4.78, 5) is 26.8. The first kappa shape index (κ1) is 19.7. The Labute approximate surface area is 179 Å². The molecule has 2 unspecified atom stereocenters. The van der Waals surface area contributed by atoms with Crippen LogP contribution in [0, 0.1) is 6.92 Å². The monoisotopic (exact) mass is 422 g/mol. The molecule has 2 atom stereocenters. The van der Waals surface area contributed by atoms with Gasteiger partial charge in [0.05, 0.1) is 11.7 Å². The molecule has 1 aliphatic carbocycles. The van der Waals surface area contributed by atoms with E-state index in [0.29, 0.717) is 16.1 Å². The number of carbonyl (C=O) groups is 2. The highest BCUT2D eigenvalue weighted by atomic mass is 35.5. The average molecular weight is 423 g/mol. The van der Waals surface area contributed by atoms with Crippen LogP contribution in [0.25, 0.3) is 0 Å². The van der Waals surface area contributed by atoms with Gasteiger partial charge in [-0.3, -0.25) is 9.59 Å². The van der Waals surface area contributed by atoms with E-state index in [1.54, 1.807) is 6.07 Å². The number of Topliss-reactive ketones (excluding diaryl/α,β-unsaturated/α-hetero) is 1. The van der Waals surface area contributed by atoms with E-state index < -0.39 is 12.0 Å². The Kier molecular flexibility index (Phi) is 5.74. The van der Waals surface area contributed by atoms with Gasteiger partial charge in [-0.05, 0) is 36.2 Å². The molecular weight excluding hydrogens is 404 g/mol. The molecule has 0 fully saturated rings. The molecule has 1 aliphatic rings. The maximum atomic E-state index is 13.2. The normalized spacial score (nSPS) is 17.8. The van der Waals surface area contributed by atoms with Crippen LogP contribution in [0.5, 0.6) is 0 Å². The Morgan fingerprint density at radius 1 is 1.00 bits per heavy atom. The zero-order chi connectivity index (χ0) is 20.4. The smallest absolute Gasteiger partial charge is 0.316 e. The minimum Gasteiger partial charge on any atom is -0.456 e. The Morgan fingerprint density at radius 3 is 2.48 bits per heavy atom. The number of hydrogen-bond acceptors (Lipinski definition) is 4. The van der Waals surface area contributed by atoms with Crippen LogP contribution in [0.2, 0.25) is 5.02 Å². The molecular formula is C24H19ClO3S. The van der Waals surface area contributed by atoms with Crippen molar-refractivity contribution in [1.29, 1.82) is 0 Å². The maximum absolute atomic E-state index is 13.2. The number of ether oxygens (including phenoxy) is 1. The highest BCUT2D eigenvalue weighted by molar-refractivity contribution is 8.00. The van der Waals surface area contributed by atoms with Crippen molar-refractivity contribution in [3.63, 3.8) is 0 Å². The molecule has 0 aliphatic heterocycles. The van der Waals surface area contributed by atoms with Crippen LogP contribution in [0.1, 0.15) is 39.1 Å². The molecule has 0 aromatic heterocycles. The van der Waals surface area contributed by atoms with E-state index in [2.05, 4.69) is 0 Å². The van der Waals surface area contributed by atoms with Crippen LogP contribution >= 0.6 is 23.4 Å². The van der Waals surface area contributed by atoms with Crippen LogP contribution in [-0.4, -0.2) is 17.5 Å². The largest absolute Gasteiger partial charge is 0.456 e. The van der Waals surface area contributed by atoms with E-state index in [1.807, 2.05) is 73.7 Å². The quantitative estimate of drug-likeness (QED) is 0.373. The zero-order valence-electron chi connectivity index (χ0n) is 15.8. The lowest BCUT2D eigenvalue weighted by atomic mass is 9.92. The Bertz CT molecular complexity index is 1060. The third-order valence-electron chi connectivity index (χ3n) is 4.97. The van der Waals surface area contributed by atoms with Crippen LogP contribution in [0.15, 0.2) is 77.7 Å². The SMILES string of the molecule is Cc1ccc(C2C(=O)c3ccccc3C2OC(=O)CSc2ccccc2)c(Cl)c1. The van der Waals surface area contributed by atoms with Gasteiger partial charge in [0.15, 0.2) is 5.78 Å². The molecule has 146 valence electrons. The van der Waals surface area contributed by atoms with Gasteiger partial charge in [0.2, 0.25) is 0 Å². The lowest BCUT2D eigenvalue weighted by molar-refractivity contribution is -0.146. The lowest BCUT2D eigenvalue weighted by Crippen LogP contribution is -2.19. The van der Waals surface area contributed by atoms with E-state index in [9.17, 15) is 9.59 Å². The van der Waals surface area contributed by atoms with Gasteiger partial charge in [-0.2, -0.15) is 0 Å². The van der Waals surface area contributed by atoms with Crippen molar-refractivity contribution in [3.8, 4) is 0 Å². The van der Waals surface area contributed by atoms with E-state index in [-0.39, 0.29) is 17.5 Å². The van der Waals surface area contributed by atoms with Crippen molar-refractivity contribution in [2.24, 2.45) is 0 Å². The van der Waals surface area contributed by atoms with Crippen LogP contribution in [-0.2, 0) is 9.53 Å². The molecule has 3 aromatic carbocycles. The van der Waals surface area contributed by atoms with Crippen molar-refractivity contribution >= 4 is 35.1 Å². The summed E-state index contributed by atoms with van der Waals surface area (Å²) in [6.07, 6.45) is -0.678. The van der Waals surface area contributed by atoms with Gasteiger partial charge in [0.25, 0.3) is 0 Å². The maximum Gasteiger partial charge on any atom is 0.316 e. The molecule has 3 nitrogen and oxygen atoms in total. The average Bonchev–Trinajstić information content (AvgIpc) is 2.99. The second kappa shape index (κ2) is 8.44. The van der Waals surface area contributed by atoms with Gasteiger partial charge in [0.1, 0.15) is 6.10 Å². The standard InChI is InChI=1S/C24H19ClO3S/c1-15-11-12-19(20(25)13-15)22-23(27)17-9-5-6-10-18(17)24(22)28-21(26)14-29-16-7-3-2-4-8-16/h2-13,22,24H,14H2,1H3. The molecule has 0 saturated carbocycles. The predicted octanol–water partition coefficient (Wildman–Crippen LogP) is 6.01. The highest BCUT2D eigenvalue weighted by Gasteiger charge is 2.43. The molecule has 0 amide bonds. The van der Waals surface area contributed by atoms with Crippen molar-refractivity contribution in [1.82, 2.24) is 0 Å². The molecule has 0 saturated heterocycles. The summed E-state index contributed by atoms with van der Waals surface area (Å²) in [5, 5.41) is 0.510. The Hall–Kier alpha value is -2.56. The van der Waals surface area contributed by atoms with E-state index >= 15 is 0 Å². The number of thioether (sulfide) groups is 1. The van der Waals surface area contributed by atoms with Gasteiger partial charge in [-0.1, -0.05) is 66.2 Å². The van der Waals surface area contributed by atoms with Crippen molar-refractivity contribution < 1.29 is 14.3 Å². The van der Waals surface area contributed by atoms with Gasteiger partial charge in [0, 0.05) is 21.0 Å². The number of carbonyl (C=O) groups excluding carboxylic acids is 2. The number of esters is 1. The van der Waals surface area contributed by atoms with Crippen LogP contribution in [0.4, 0.5) is 0 Å². The predicted molar refractivity (Wildman–Crippen MR) is 116 cm³/mol. The van der Waals surface area contributed by atoms with Gasteiger partial charge in [-0.25, -0.2) is 0 Å². The molecule has 0 heterocycles. The Balaban J connectivity index is 1.61. The fraction of sp³-hybridized carbons (Fsp3) is 0.167. The number of fused-ring (bicyclic) bond motifs is 1. The molecule has 0 bridgehead atoms. The summed E-state index contributed by atoms with van der Waals surface area (Å²) in [6, 6.07) is 22.6. The molecule has 0 N–H and O–H groups in total. The van der Waals surface area contributed by atoms with E-state index in [0.717, 1.165) is 16.0 Å². The first-order valence-electron chi connectivity index (χ1n) is 9.31. The third kappa shape index (κ3) is 4.09. The first-order chi connectivity index (χ1) is 14.0. The molecule has 3 aromatic rings. The van der Waals surface area contributed by atoms with Crippen LogP contribution < -0.4 is 0 Å². The van der Waals surface area contributed by atoms with Crippen molar-refractivity contribution in [2.45, 2.75) is 23.8 Å². The van der Waals surface area contributed by atoms with Crippen molar-refractivity contribution in [2.75, 3.05) is 5.75 Å². The number of aryl methyl sites for hydroxylation is 1. The zero-order valence-corrected chi connectivity index (χ0v) is 17.4. The topological polar surface area (TPSA) is 43.4 Å². The van der Waals surface area contributed by atoms with E-state index in [1.165, 1.54) is 11.8 Å². The minimum absolute atomic E-state index is 0.0696. The Morgan fingerprint density at radius 2 is 1.72 bits per heavy atom. The molecule has 5 heteroatoms. The lowest BCUT2D eigenvalue weighted by Gasteiger charge is -2.21.